The van der Waals surface area contributed by atoms with Crippen LogP contribution in [-0.2, 0) is 0 Å². The van der Waals surface area contributed by atoms with Crippen molar-refractivity contribution in [1.29, 1.82) is 0 Å². The second-order valence-electron chi connectivity index (χ2n) is 3.67. The predicted octanol–water partition coefficient (Wildman–Crippen LogP) is 0.677. The number of nitrogens with one attached hydrogen (secondary N) is 1. The van der Waals surface area contributed by atoms with E-state index < -0.39 is 0 Å². The molecule has 0 saturated carbocycles. The highest BCUT2D eigenvalue weighted by atomic mass is 16.5. The summed E-state index contributed by atoms with van der Waals surface area (Å²) in [5, 5.41) is 7.17. The third kappa shape index (κ3) is 0.813. The first-order valence-corrected chi connectivity index (χ1v) is 4.46. The van der Waals surface area contributed by atoms with Crippen molar-refractivity contribution in [2.45, 2.75) is 37.3 Å². The molecule has 1 aromatic heterocycles. The summed E-state index contributed by atoms with van der Waals surface area (Å²) in [6, 6.07) is 1.29. The minimum absolute atomic E-state index is 0.478. The summed E-state index contributed by atoms with van der Waals surface area (Å²) in [6.45, 7) is 0. The van der Waals surface area contributed by atoms with Crippen LogP contribution in [0.5, 0.6) is 0 Å². The van der Waals surface area contributed by atoms with E-state index in [-0.39, 0.29) is 0 Å². The van der Waals surface area contributed by atoms with Gasteiger partial charge in [-0.2, -0.15) is 4.98 Å². The Balaban J connectivity index is 1.87. The van der Waals surface area contributed by atoms with E-state index in [2.05, 4.69) is 15.5 Å². The van der Waals surface area contributed by atoms with E-state index in [4.69, 9.17) is 4.52 Å². The van der Waals surface area contributed by atoms with E-state index in [1.165, 1.54) is 25.6 Å². The number of hydrogen-bond donors (Lipinski definition) is 1. The molecule has 3 unspecified atom stereocenters. The first-order chi connectivity index (χ1) is 5.93. The Hall–Kier alpha value is -0.900. The summed E-state index contributed by atoms with van der Waals surface area (Å²) in [6.07, 6.45) is 5.24. The average Bonchev–Trinajstić information content (AvgIpc) is 2.81. The molecule has 2 saturated heterocycles. The van der Waals surface area contributed by atoms with Gasteiger partial charge in [0.1, 0.15) is 0 Å². The van der Waals surface area contributed by atoms with Crippen LogP contribution >= 0.6 is 0 Å². The molecule has 0 radical (unpaired) electrons. The Kier molecular flexibility index (Phi) is 1.26. The summed E-state index contributed by atoms with van der Waals surface area (Å²) in [5.74, 6) is 1.29. The zero-order valence-electron chi connectivity index (χ0n) is 6.73. The molecule has 12 heavy (non-hydrogen) atoms. The maximum absolute atomic E-state index is 5.07. The van der Waals surface area contributed by atoms with Gasteiger partial charge in [0, 0.05) is 12.1 Å². The second kappa shape index (κ2) is 2.29. The average molecular weight is 165 g/mol. The highest BCUT2D eigenvalue weighted by Crippen LogP contribution is 2.38. The first kappa shape index (κ1) is 6.60. The van der Waals surface area contributed by atoms with Crippen molar-refractivity contribution in [2.75, 3.05) is 0 Å². The van der Waals surface area contributed by atoms with Crippen molar-refractivity contribution in [1.82, 2.24) is 15.5 Å². The van der Waals surface area contributed by atoms with Crippen molar-refractivity contribution in [3.8, 4) is 0 Å². The third-order valence-corrected chi connectivity index (χ3v) is 3.00. The molecule has 0 aromatic carbocycles. The minimum Gasteiger partial charge on any atom is -0.339 e. The lowest BCUT2D eigenvalue weighted by Crippen LogP contribution is -2.21. The van der Waals surface area contributed by atoms with Crippen molar-refractivity contribution in [3.05, 3.63) is 12.2 Å². The number of nitrogens with zero attached hydrogens (tertiary/aromatic N) is 2. The van der Waals surface area contributed by atoms with Gasteiger partial charge < -0.3 is 9.84 Å². The molecule has 0 aliphatic carbocycles. The number of rotatable bonds is 1. The largest absolute Gasteiger partial charge is 0.339 e. The molecule has 1 aromatic rings. The van der Waals surface area contributed by atoms with Gasteiger partial charge in [-0.25, -0.2) is 0 Å². The Morgan fingerprint density at radius 1 is 1.50 bits per heavy atom. The molecule has 2 aliphatic rings. The lowest BCUT2D eigenvalue weighted by Gasteiger charge is -2.15. The molecular formula is C8H11N3O. The van der Waals surface area contributed by atoms with E-state index >= 15 is 0 Å². The normalized spacial score (nSPS) is 39.2. The summed E-state index contributed by atoms with van der Waals surface area (Å²) >= 11 is 0. The van der Waals surface area contributed by atoms with Crippen LogP contribution in [0.4, 0.5) is 0 Å². The van der Waals surface area contributed by atoms with Gasteiger partial charge in [0.15, 0.2) is 6.33 Å². The van der Waals surface area contributed by atoms with Crippen molar-refractivity contribution in [3.63, 3.8) is 0 Å². The van der Waals surface area contributed by atoms with Gasteiger partial charge in [0.2, 0.25) is 5.89 Å². The van der Waals surface area contributed by atoms with Gasteiger partial charge in [0.25, 0.3) is 0 Å². The maximum Gasteiger partial charge on any atom is 0.231 e. The third-order valence-electron chi connectivity index (χ3n) is 3.00. The Morgan fingerprint density at radius 3 is 3.08 bits per heavy atom. The van der Waals surface area contributed by atoms with Crippen LogP contribution in [0.3, 0.4) is 0 Å². The van der Waals surface area contributed by atoms with E-state index in [0.29, 0.717) is 18.0 Å². The molecule has 64 valence electrons. The van der Waals surface area contributed by atoms with E-state index in [0.717, 1.165) is 5.89 Å². The fourth-order valence-corrected chi connectivity index (χ4v) is 2.44. The van der Waals surface area contributed by atoms with Crippen LogP contribution in [0.15, 0.2) is 10.9 Å². The number of aromatic nitrogens is 2. The molecule has 3 heterocycles. The van der Waals surface area contributed by atoms with E-state index in [9.17, 15) is 0 Å². The van der Waals surface area contributed by atoms with E-state index in [1.807, 2.05) is 0 Å². The predicted molar refractivity (Wildman–Crippen MR) is 41.6 cm³/mol. The first-order valence-electron chi connectivity index (χ1n) is 4.46. The summed E-state index contributed by atoms with van der Waals surface area (Å²) in [5.41, 5.74) is 0. The molecule has 4 nitrogen and oxygen atoms in total. The van der Waals surface area contributed by atoms with Crippen molar-refractivity contribution < 1.29 is 4.52 Å². The fraction of sp³-hybridized carbons (Fsp3) is 0.750. The van der Waals surface area contributed by atoms with Crippen molar-refractivity contribution in [2.24, 2.45) is 0 Å². The highest BCUT2D eigenvalue weighted by Gasteiger charge is 2.42. The van der Waals surface area contributed by atoms with Crippen molar-refractivity contribution >= 4 is 0 Å². The molecule has 0 amide bonds. The van der Waals surface area contributed by atoms with Crippen LogP contribution in [-0.4, -0.2) is 22.2 Å². The Morgan fingerprint density at radius 2 is 2.50 bits per heavy atom. The van der Waals surface area contributed by atoms with Crippen LogP contribution in [0.1, 0.15) is 31.1 Å². The summed E-state index contributed by atoms with van der Waals surface area (Å²) in [7, 11) is 0. The van der Waals surface area contributed by atoms with Gasteiger partial charge in [0.05, 0.1) is 5.92 Å². The van der Waals surface area contributed by atoms with Crippen LogP contribution in [0.25, 0.3) is 0 Å². The zero-order valence-corrected chi connectivity index (χ0v) is 6.73. The number of fused-ring (bicyclic) bond motifs is 2. The smallest absolute Gasteiger partial charge is 0.231 e. The molecule has 1 N–H and O–H groups in total. The molecule has 2 bridgehead atoms. The van der Waals surface area contributed by atoms with Crippen LogP contribution in [0.2, 0.25) is 0 Å². The maximum atomic E-state index is 5.07. The van der Waals surface area contributed by atoms with Gasteiger partial charge >= 0.3 is 0 Å². The molecule has 2 fully saturated rings. The fourth-order valence-electron chi connectivity index (χ4n) is 2.44. The molecule has 2 aliphatic heterocycles. The molecular weight excluding hydrogens is 154 g/mol. The monoisotopic (exact) mass is 165 g/mol. The quantitative estimate of drug-likeness (QED) is 0.664. The van der Waals surface area contributed by atoms with Gasteiger partial charge in [-0.05, 0) is 19.3 Å². The van der Waals surface area contributed by atoms with Gasteiger partial charge in [-0.3, -0.25) is 0 Å². The second-order valence-corrected chi connectivity index (χ2v) is 3.67. The van der Waals surface area contributed by atoms with Gasteiger partial charge in [-0.1, -0.05) is 5.16 Å². The summed E-state index contributed by atoms with van der Waals surface area (Å²) in [4.78, 5) is 4.10. The summed E-state index contributed by atoms with van der Waals surface area (Å²) < 4.78 is 5.07. The number of hydrogen-bond acceptors (Lipinski definition) is 4. The van der Waals surface area contributed by atoms with Gasteiger partial charge in [-0.15, -0.1) is 0 Å². The standard InChI is InChI=1S/C8H11N3O/c1-2-7-6(3-5(1)11-7)8-9-4-10-12-8/h4-7,11H,1-3H2. The highest BCUT2D eigenvalue weighted by molar-refractivity contribution is 5.08. The Bertz CT molecular complexity index is 272. The zero-order chi connectivity index (χ0) is 7.97. The molecule has 4 heteroatoms. The van der Waals surface area contributed by atoms with E-state index in [1.54, 1.807) is 0 Å². The molecule has 3 rings (SSSR count). The topological polar surface area (TPSA) is 51.0 Å². The van der Waals surface area contributed by atoms with Crippen LogP contribution in [0, 0.1) is 0 Å². The molecule has 0 spiro atoms. The lowest BCUT2D eigenvalue weighted by atomic mass is 9.89. The lowest BCUT2D eigenvalue weighted by molar-refractivity contribution is 0.329. The SMILES string of the molecule is c1noc(C2CC3CCC2N3)n1. The molecule has 3 atom stereocenters. The van der Waals surface area contributed by atoms with Crippen LogP contribution < -0.4 is 5.32 Å². The minimum atomic E-state index is 0.478. The Labute approximate surface area is 70.3 Å².